The van der Waals surface area contributed by atoms with E-state index in [9.17, 15) is 9.59 Å². The van der Waals surface area contributed by atoms with Gasteiger partial charge in [-0.2, -0.15) is 0 Å². The molecule has 0 amide bonds. The molecular weight excluding hydrogens is 342 g/mol. The molecular formula is C22H27NO4. The molecule has 1 aliphatic carbocycles. The van der Waals surface area contributed by atoms with Crippen LogP contribution in [0.5, 0.6) is 0 Å². The summed E-state index contributed by atoms with van der Waals surface area (Å²) in [5.41, 5.74) is 2.88. The fourth-order valence-electron chi connectivity index (χ4n) is 4.05. The van der Waals surface area contributed by atoms with Crippen molar-refractivity contribution in [3.8, 4) is 0 Å². The van der Waals surface area contributed by atoms with Crippen LogP contribution >= 0.6 is 0 Å². The van der Waals surface area contributed by atoms with Gasteiger partial charge in [0.15, 0.2) is 0 Å². The largest absolute Gasteiger partial charge is 0.466 e. The van der Waals surface area contributed by atoms with Gasteiger partial charge < -0.3 is 14.4 Å². The van der Waals surface area contributed by atoms with E-state index >= 15 is 0 Å². The van der Waals surface area contributed by atoms with E-state index in [1.807, 2.05) is 48.5 Å². The molecule has 0 N–H and O–H groups in total. The average molecular weight is 369 g/mol. The van der Waals surface area contributed by atoms with Crippen molar-refractivity contribution in [2.45, 2.75) is 51.0 Å². The smallest absolute Gasteiger partial charge is 0.336 e. The third-order valence-electron chi connectivity index (χ3n) is 5.41. The number of esters is 2. The lowest BCUT2D eigenvalue weighted by Gasteiger charge is -2.36. The summed E-state index contributed by atoms with van der Waals surface area (Å²) in [6.45, 7) is 1.99. The molecule has 0 saturated heterocycles. The lowest BCUT2D eigenvalue weighted by atomic mass is 9.82. The number of nitrogens with zero attached hydrogens (tertiary/aromatic N) is 1. The molecule has 1 aliphatic heterocycles. The molecule has 1 aromatic carbocycles. The van der Waals surface area contributed by atoms with Gasteiger partial charge in [-0.05, 0) is 25.3 Å². The molecule has 0 atom stereocenters. The van der Waals surface area contributed by atoms with Crippen LogP contribution in [0.1, 0.15) is 49.1 Å². The first kappa shape index (κ1) is 19.2. The van der Waals surface area contributed by atoms with E-state index in [2.05, 4.69) is 0 Å². The number of carbonyl (C=O) groups excluding carboxylic acids is 2. The molecule has 5 nitrogen and oxygen atoms in total. The maximum atomic E-state index is 12.6. The molecule has 1 saturated carbocycles. The fraction of sp³-hybridized carbons (Fsp3) is 0.455. The van der Waals surface area contributed by atoms with Crippen LogP contribution < -0.4 is 0 Å². The van der Waals surface area contributed by atoms with Gasteiger partial charge in [-0.25, -0.2) is 9.59 Å². The third-order valence-corrected chi connectivity index (χ3v) is 5.41. The van der Waals surface area contributed by atoms with E-state index in [4.69, 9.17) is 9.47 Å². The Kier molecular flexibility index (Phi) is 5.99. The van der Waals surface area contributed by atoms with Gasteiger partial charge in [0.05, 0.1) is 31.3 Å². The van der Waals surface area contributed by atoms with E-state index in [0.29, 0.717) is 11.1 Å². The van der Waals surface area contributed by atoms with E-state index < -0.39 is 17.9 Å². The molecule has 144 valence electrons. The van der Waals surface area contributed by atoms with Gasteiger partial charge in [-0.1, -0.05) is 49.1 Å². The van der Waals surface area contributed by atoms with E-state index in [1.54, 1.807) is 0 Å². The highest BCUT2D eigenvalue weighted by Crippen LogP contribution is 2.39. The molecule has 0 aromatic heterocycles. The highest BCUT2D eigenvalue weighted by Gasteiger charge is 2.36. The molecule has 27 heavy (non-hydrogen) atoms. The van der Waals surface area contributed by atoms with Crippen LogP contribution in [-0.2, 0) is 19.1 Å². The third kappa shape index (κ3) is 4.07. The lowest BCUT2D eigenvalue weighted by Crippen LogP contribution is -2.35. The summed E-state index contributed by atoms with van der Waals surface area (Å²) in [7, 11) is 2.75. The van der Waals surface area contributed by atoms with E-state index in [-0.39, 0.29) is 6.04 Å². The summed E-state index contributed by atoms with van der Waals surface area (Å²) in [4.78, 5) is 27.3. The number of hydrogen-bond donors (Lipinski definition) is 0. The first-order chi connectivity index (χ1) is 13.0. The van der Waals surface area contributed by atoms with Crippen molar-refractivity contribution >= 4 is 11.9 Å². The predicted molar refractivity (Wildman–Crippen MR) is 103 cm³/mol. The minimum absolute atomic E-state index is 0.288. The van der Waals surface area contributed by atoms with Gasteiger partial charge in [-0.3, -0.25) is 0 Å². The zero-order chi connectivity index (χ0) is 19.4. The Bertz CT molecular complexity index is 740. The minimum atomic E-state index is -0.496. The van der Waals surface area contributed by atoms with Gasteiger partial charge >= 0.3 is 11.9 Å². The Labute approximate surface area is 160 Å². The van der Waals surface area contributed by atoms with Crippen LogP contribution in [0.3, 0.4) is 0 Å². The van der Waals surface area contributed by atoms with Crippen molar-refractivity contribution in [2.24, 2.45) is 0 Å². The van der Waals surface area contributed by atoms with Gasteiger partial charge in [0.1, 0.15) is 0 Å². The number of carbonyl (C=O) groups is 2. The predicted octanol–water partition coefficient (Wildman–Crippen LogP) is 3.84. The Morgan fingerprint density at radius 2 is 1.56 bits per heavy atom. The highest BCUT2D eigenvalue weighted by molar-refractivity contribution is 5.98. The molecule has 0 unspecified atom stereocenters. The summed E-state index contributed by atoms with van der Waals surface area (Å²) in [5.74, 6) is -1.33. The van der Waals surface area contributed by atoms with Gasteiger partial charge in [0, 0.05) is 18.4 Å². The fourth-order valence-corrected chi connectivity index (χ4v) is 4.05. The zero-order valence-corrected chi connectivity index (χ0v) is 16.2. The molecule has 3 rings (SSSR count). The lowest BCUT2D eigenvalue weighted by molar-refractivity contribution is -0.137. The van der Waals surface area contributed by atoms with Crippen LogP contribution in [0.2, 0.25) is 0 Å². The normalized spacial score (nSPS) is 18.6. The number of ether oxygens (including phenoxy) is 2. The van der Waals surface area contributed by atoms with Crippen LogP contribution in [0, 0.1) is 6.92 Å². The van der Waals surface area contributed by atoms with Crippen LogP contribution in [-0.4, -0.2) is 37.1 Å². The summed E-state index contributed by atoms with van der Waals surface area (Å²) in [6, 6.07) is 8.14. The number of benzene rings is 1. The molecule has 5 heteroatoms. The van der Waals surface area contributed by atoms with Crippen molar-refractivity contribution in [3.05, 3.63) is 58.9 Å². The maximum Gasteiger partial charge on any atom is 0.336 e. The minimum Gasteiger partial charge on any atom is -0.466 e. The second kappa shape index (κ2) is 8.42. The van der Waals surface area contributed by atoms with Crippen molar-refractivity contribution in [1.82, 2.24) is 4.90 Å². The topological polar surface area (TPSA) is 55.8 Å². The maximum absolute atomic E-state index is 12.6. The van der Waals surface area contributed by atoms with Crippen molar-refractivity contribution in [3.63, 3.8) is 0 Å². The quantitative estimate of drug-likeness (QED) is 0.755. The Balaban J connectivity index is 2.09. The number of hydrogen-bond acceptors (Lipinski definition) is 5. The molecule has 1 fully saturated rings. The summed E-state index contributed by atoms with van der Waals surface area (Å²) in [5, 5.41) is 0. The summed E-state index contributed by atoms with van der Waals surface area (Å²) in [6.07, 6.45) is 9.37. The van der Waals surface area contributed by atoms with Gasteiger partial charge in [0.25, 0.3) is 0 Å². The van der Waals surface area contributed by atoms with Crippen molar-refractivity contribution in [1.29, 1.82) is 0 Å². The summed E-state index contributed by atoms with van der Waals surface area (Å²) >= 11 is 0. The monoisotopic (exact) mass is 369 g/mol. The first-order valence-corrected chi connectivity index (χ1v) is 9.49. The molecule has 2 aliphatic rings. The second-order valence-electron chi connectivity index (χ2n) is 7.24. The van der Waals surface area contributed by atoms with E-state index in [1.165, 1.54) is 20.6 Å². The van der Waals surface area contributed by atoms with Crippen LogP contribution in [0.25, 0.3) is 0 Å². The van der Waals surface area contributed by atoms with Crippen LogP contribution in [0.15, 0.2) is 47.8 Å². The number of methoxy groups -OCH3 is 2. The molecule has 0 bridgehead atoms. The number of rotatable bonds is 4. The average Bonchev–Trinajstić information content (AvgIpc) is 2.72. The van der Waals surface area contributed by atoms with Gasteiger partial charge in [0.2, 0.25) is 0 Å². The first-order valence-electron chi connectivity index (χ1n) is 9.49. The summed E-state index contributed by atoms with van der Waals surface area (Å²) < 4.78 is 10.1. The Morgan fingerprint density at radius 3 is 2.07 bits per heavy atom. The standard InChI is InChI=1S/C22H27NO4/c1-15-8-7-9-16(12-15)20-18(21(24)26-2)13-23(14-19(20)22(25)27-3)17-10-5-4-6-11-17/h7-9,12-14,17,20H,4-6,10-11H2,1-3H3. The molecule has 0 radical (unpaired) electrons. The van der Waals surface area contributed by atoms with Crippen LogP contribution in [0.4, 0.5) is 0 Å². The molecule has 1 heterocycles. The highest BCUT2D eigenvalue weighted by atomic mass is 16.5. The second-order valence-corrected chi connectivity index (χ2v) is 7.24. The van der Waals surface area contributed by atoms with E-state index in [0.717, 1.165) is 36.8 Å². The zero-order valence-electron chi connectivity index (χ0n) is 16.2. The Hall–Kier alpha value is -2.56. The van der Waals surface area contributed by atoms with Crippen molar-refractivity contribution in [2.75, 3.05) is 14.2 Å². The SMILES string of the molecule is COC(=O)C1=CN(C2CCCCC2)C=C(C(=O)OC)C1c1cccc(C)c1. The van der Waals surface area contributed by atoms with Gasteiger partial charge in [-0.15, -0.1) is 0 Å². The Morgan fingerprint density at radius 1 is 0.963 bits per heavy atom. The number of aryl methyl sites for hydroxylation is 1. The van der Waals surface area contributed by atoms with Crippen molar-refractivity contribution < 1.29 is 19.1 Å². The molecule has 1 aromatic rings. The molecule has 0 spiro atoms.